The number of rotatable bonds is 5. The van der Waals surface area contributed by atoms with Crippen LogP contribution < -0.4 is 5.32 Å². The molecule has 0 saturated heterocycles. The van der Waals surface area contributed by atoms with Crippen molar-refractivity contribution in [2.45, 2.75) is 45.1 Å². The minimum Gasteiger partial charge on any atom is -0.369 e. The number of ether oxygens (including phenoxy) is 1. The van der Waals surface area contributed by atoms with Gasteiger partial charge < -0.3 is 10.1 Å². The third kappa shape index (κ3) is 3.01. The lowest BCUT2D eigenvalue weighted by Gasteiger charge is -2.44. The third-order valence-electron chi connectivity index (χ3n) is 4.54. The van der Waals surface area contributed by atoms with Crippen molar-refractivity contribution in [2.24, 2.45) is 5.92 Å². The Hall–Kier alpha value is -0.860. The smallest absolute Gasteiger partial charge is 0.0959 e. The second-order valence-corrected chi connectivity index (χ2v) is 5.80. The first-order valence-corrected chi connectivity index (χ1v) is 7.55. The highest BCUT2D eigenvalue weighted by Gasteiger charge is 2.41. The summed E-state index contributed by atoms with van der Waals surface area (Å²) in [7, 11) is 1.98. The Balaban J connectivity index is 2.30. The maximum Gasteiger partial charge on any atom is 0.0959 e. The third-order valence-corrected chi connectivity index (χ3v) is 4.54. The molecule has 106 valence electrons. The Morgan fingerprint density at radius 2 is 2.11 bits per heavy atom. The van der Waals surface area contributed by atoms with Crippen LogP contribution in [0.25, 0.3) is 0 Å². The molecule has 2 nitrogen and oxygen atoms in total. The first kappa shape index (κ1) is 14.5. The van der Waals surface area contributed by atoms with Crippen molar-refractivity contribution in [3.05, 3.63) is 35.4 Å². The maximum absolute atomic E-state index is 6.43. The number of hydrogen-bond acceptors (Lipinski definition) is 2. The van der Waals surface area contributed by atoms with Gasteiger partial charge in [0.05, 0.1) is 12.2 Å². The Kier molecular flexibility index (Phi) is 5.00. The summed E-state index contributed by atoms with van der Waals surface area (Å²) in [6.07, 6.45) is 5.04. The lowest BCUT2D eigenvalue weighted by molar-refractivity contribution is -0.109. The molecule has 2 rings (SSSR count). The van der Waals surface area contributed by atoms with E-state index in [2.05, 4.69) is 43.4 Å². The zero-order valence-corrected chi connectivity index (χ0v) is 12.5. The van der Waals surface area contributed by atoms with Gasteiger partial charge in [0.25, 0.3) is 0 Å². The van der Waals surface area contributed by atoms with Crippen LogP contribution in [0.1, 0.15) is 43.7 Å². The Morgan fingerprint density at radius 1 is 1.32 bits per heavy atom. The van der Waals surface area contributed by atoms with Crippen LogP contribution in [0.3, 0.4) is 0 Å². The number of aryl methyl sites for hydroxylation is 1. The van der Waals surface area contributed by atoms with E-state index in [4.69, 9.17) is 4.74 Å². The van der Waals surface area contributed by atoms with Gasteiger partial charge in [-0.3, -0.25) is 0 Å². The average Bonchev–Trinajstić information content (AvgIpc) is 2.42. The molecule has 1 aliphatic rings. The molecule has 1 fully saturated rings. The fourth-order valence-corrected chi connectivity index (χ4v) is 3.39. The summed E-state index contributed by atoms with van der Waals surface area (Å²) >= 11 is 0. The van der Waals surface area contributed by atoms with E-state index in [-0.39, 0.29) is 5.60 Å². The van der Waals surface area contributed by atoms with Crippen LogP contribution >= 0.6 is 0 Å². The standard InChI is InChI=1S/C17H27NO/c1-14-8-4-5-10-16(14)17(19-13-12-18-3)11-7-6-9-15(17)2/h4-5,8,10,15,18H,6-7,9,11-13H2,1-3H3/t15-,17-/m0/s1. The van der Waals surface area contributed by atoms with Gasteiger partial charge in [0, 0.05) is 6.54 Å². The van der Waals surface area contributed by atoms with Gasteiger partial charge in [0.2, 0.25) is 0 Å². The summed E-state index contributed by atoms with van der Waals surface area (Å²) in [6, 6.07) is 8.73. The Bertz CT molecular complexity index is 404. The molecule has 0 amide bonds. The van der Waals surface area contributed by atoms with Gasteiger partial charge in [-0.05, 0) is 43.9 Å². The molecular weight excluding hydrogens is 234 g/mol. The van der Waals surface area contributed by atoms with E-state index in [1.165, 1.54) is 30.4 Å². The fourth-order valence-electron chi connectivity index (χ4n) is 3.39. The number of hydrogen-bond donors (Lipinski definition) is 1. The molecule has 0 heterocycles. The zero-order valence-electron chi connectivity index (χ0n) is 12.5. The highest BCUT2D eigenvalue weighted by Crippen LogP contribution is 2.45. The van der Waals surface area contributed by atoms with E-state index in [1.54, 1.807) is 0 Å². The number of benzene rings is 1. The summed E-state index contributed by atoms with van der Waals surface area (Å²) in [5, 5.41) is 3.18. The molecule has 1 aromatic carbocycles. The molecule has 0 radical (unpaired) electrons. The predicted octanol–water partition coefficient (Wildman–Crippen LogP) is 3.64. The topological polar surface area (TPSA) is 21.3 Å². The molecule has 19 heavy (non-hydrogen) atoms. The van der Waals surface area contributed by atoms with Gasteiger partial charge in [-0.25, -0.2) is 0 Å². The number of likely N-dealkylation sites (N-methyl/N-ethyl adjacent to an activating group) is 1. The Labute approximate surface area is 117 Å². The minimum absolute atomic E-state index is 0.0690. The molecule has 0 bridgehead atoms. The molecule has 1 aromatic rings. The van der Waals surface area contributed by atoms with Gasteiger partial charge >= 0.3 is 0 Å². The van der Waals surface area contributed by atoms with Gasteiger partial charge in [0.1, 0.15) is 0 Å². The van der Waals surface area contributed by atoms with Crippen LogP contribution in [-0.2, 0) is 10.3 Å². The summed E-state index contributed by atoms with van der Waals surface area (Å²) in [4.78, 5) is 0. The van der Waals surface area contributed by atoms with Gasteiger partial charge in [0.15, 0.2) is 0 Å². The molecule has 0 aromatic heterocycles. The lowest BCUT2D eigenvalue weighted by Crippen LogP contribution is -2.41. The predicted molar refractivity (Wildman–Crippen MR) is 80.4 cm³/mol. The normalized spacial score (nSPS) is 27.4. The highest BCUT2D eigenvalue weighted by molar-refractivity contribution is 5.32. The Morgan fingerprint density at radius 3 is 2.79 bits per heavy atom. The SMILES string of the molecule is CNCCO[C@@]1(c2ccccc2C)CCCC[C@@H]1C. The largest absolute Gasteiger partial charge is 0.369 e. The van der Waals surface area contributed by atoms with Crippen LogP contribution in [-0.4, -0.2) is 20.2 Å². The molecule has 1 N–H and O–H groups in total. The first-order valence-electron chi connectivity index (χ1n) is 7.55. The molecule has 2 atom stereocenters. The molecule has 0 unspecified atom stereocenters. The van der Waals surface area contributed by atoms with E-state index in [0.717, 1.165) is 19.6 Å². The molecular formula is C17H27NO. The van der Waals surface area contributed by atoms with Gasteiger partial charge in [-0.1, -0.05) is 44.0 Å². The first-order chi connectivity index (χ1) is 9.20. The van der Waals surface area contributed by atoms with Crippen molar-refractivity contribution in [2.75, 3.05) is 20.2 Å². The second-order valence-electron chi connectivity index (χ2n) is 5.80. The molecule has 1 aliphatic carbocycles. The molecule has 0 spiro atoms. The van der Waals surface area contributed by atoms with Crippen LogP contribution in [0.5, 0.6) is 0 Å². The molecule has 2 heteroatoms. The van der Waals surface area contributed by atoms with E-state index in [9.17, 15) is 0 Å². The van der Waals surface area contributed by atoms with Gasteiger partial charge in [-0.15, -0.1) is 0 Å². The summed E-state index contributed by atoms with van der Waals surface area (Å²) in [5.74, 6) is 0.596. The zero-order chi connectivity index (χ0) is 13.7. The summed E-state index contributed by atoms with van der Waals surface area (Å²) < 4.78 is 6.43. The van der Waals surface area contributed by atoms with Crippen LogP contribution in [0.15, 0.2) is 24.3 Å². The van der Waals surface area contributed by atoms with Crippen molar-refractivity contribution in [1.82, 2.24) is 5.32 Å². The van der Waals surface area contributed by atoms with Crippen molar-refractivity contribution in [3.63, 3.8) is 0 Å². The second kappa shape index (κ2) is 6.53. The van der Waals surface area contributed by atoms with Crippen molar-refractivity contribution in [1.29, 1.82) is 0 Å². The molecule has 0 aliphatic heterocycles. The van der Waals surface area contributed by atoms with Crippen molar-refractivity contribution < 1.29 is 4.74 Å². The summed E-state index contributed by atoms with van der Waals surface area (Å²) in [6.45, 7) is 6.26. The fraction of sp³-hybridized carbons (Fsp3) is 0.647. The lowest BCUT2D eigenvalue weighted by atomic mass is 9.71. The van der Waals surface area contributed by atoms with E-state index < -0.39 is 0 Å². The molecule has 1 saturated carbocycles. The number of nitrogens with one attached hydrogen (secondary N) is 1. The van der Waals surface area contributed by atoms with Crippen LogP contribution in [0, 0.1) is 12.8 Å². The highest BCUT2D eigenvalue weighted by atomic mass is 16.5. The van der Waals surface area contributed by atoms with Crippen LogP contribution in [0.4, 0.5) is 0 Å². The van der Waals surface area contributed by atoms with Crippen molar-refractivity contribution in [3.8, 4) is 0 Å². The average molecular weight is 261 g/mol. The quantitative estimate of drug-likeness (QED) is 0.817. The summed E-state index contributed by atoms with van der Waals surface area (Å²) in [5.41, 5.74) is 2.69. The van der Waals surface area contributed by atoms with E-state index >= 15 is 0 Å². The van der Waals surface area contributed by atoms with E-state index in [1.807, 2.05) is 7.05 Å². The maximum atomic E-state index is 6.43. The minimum atomic E-state index is -0.0690. The van der Waals surface area contributed by atoms with Crippen LogP contribution in [0.2, 0.25) is 0 Å². The van der Waals surface area contributed by atoms with Gasteiger partial charge in [-0.2, -0.15) is 0 Å². The van der Waals surface area contributed by atoms with Crippen molar-refractivity contribution >= 4 is 0 Å². The monoisotopic (exact) mass is 261 g/mol. The van der Waals surface area contributed by atoms with E-state index in [0.29, 0.717) is 5.92 Å².